The average Bonchev–Trinajstić information content (AvgIpc) is 2.80. The highest BCUT2D eigenvalue weighted by Gasteiger charge is 2.33. The summed E-state index contributed by atoms with van der Waals surface area (Å²) in [5, 5.41) is 3.73. The van der Waals surface area contributed by atoms with Gasteiger partial charge in [0.25, 0.3) is 0 Å². The molecule has 2 heterocycles. The molecule has 1 aromatic rings. The molecule has 2 atom stereocenters. The maximum Gasteiger partial charge on any atom is 0.0931 e. The molecule has 0 radical (unpaired) electrons. The quantitative estimate of drug-likeness (QED) is 0.902. The van der Waals surface area contributed by atoms with Crippen molar-refractivity contribution in [2.24, 2.45) is 5.41 Å². The van der Waals surface area contributed by atoms with Gasteiger partial charge in [-0.15, -0.1) is 11.3 Å². The van der Waals surface area contributed by atoms with E-state index in [0.29, 0.717) is 17.5 Å². The molecular weight excluding hydrogens is 288 g/mol. The molecule has 1 aliphatic heterocycles. The lowest BCUT2D eigenvalue weighted by Gasteiger charge is -2.45. The van der Waals surface area contributed by atoms with Crippen molar-refractivity contribution in [1.29, 1.82) is 0 Å². The molecule has 20 heavy (non-hydrogen) atoms. The van der Waals surface area contributed by atoms with Crippen LogP contribution in [-0.2, 0) is 6.42 Å². The highest BCUT2D eigenvalue weighted by molar-refractivity contribution is 7.16. The van der Waals surface area contributed by atoms with Gasteiger partial charge in [-0.3, -0.25) is 4.90 Å². The van der Waals surface area contributed by atoms with Crippen LogP contribution in [0.25, 0.3) is 0 Å². The second-order valence-corrected chi connectivity index (χ2v) is 8.64. The van der Waals surface area contributed by atoms with Crippen LogP contribution in [0.1, 0.15) is 39.0 Å². The number of nitrogens with zero attached hydrogens (tertiary/aromatic N) is 1. The third-order valence-corrected chi connectivity index (χ3v) is 5.62. The summed E-state index contributed by atoms with van der Waals surface area (Å²) < 4.78 is 0.903. The minimum atomic E-state index is 0.323. The van der Waals surface area contributed by atoms with E-state index in [1.165, 1.54) is 11.3 Å². The van der Waals surface area contributed by atoms with Crippen LogP contribution in [0.3, 0.4) is 0 Å². The minimum Gasteiger partial charge on any atom is -0.311 e. The van der Waals surface area contributed by atoms with Gasteiger partial charge in [0.2, 0.25) is 0 Å². The Balaban J connectivity index is 1.95. The molecule has 2 rings (SSSR count). The van der Waals surface area contributed by atoms with Crippen molar-refractivity contribution in [3.05, 3.63) is 21.3 Å². The van der Waals surface area contributed by atoms with Crippen LogP contribution < -0.4 is 5.32 Å². The van der Waals surface area contributed by atoms with Crippen molar-refractivity contribution in [3.63, 3.8) is 0 Å². The zero-order valence-corrected chi connectivity index (χ0v) is 14.7. The Kier molecular flexibility index (Phi) is 5.52. The third kappa shape index (κ3) is 4.20. The van der Waals surface area contributed by atoms with Crippen molar-refractivity contribution in [2.45, 2.75) is 52.6 Å². The first-order chi connectivity index (χ1) is 9.40. The van der Waals surface area contributed by atoms with E-state index in [1.807, 2.05) is 6.07 Å². The van der Waals surface area contributed by atoms with Gasteiger partial charge in [0.05, 0.1) is 4.34 Å². The molecule has 2 nitrogen and oxygen atoms in total. The number of thiophene rings is 1. The summed E-state index contributed by atoms with van der Waals surface area (Å²) in [4.78, 5) is 4.07. The van der Waals surface area contributed by atoms with Crippen LogP contribution in [-0.4, -0.2) is 36.6 Å². The van der Waals surface area contributed by atoms with Crippen molar-refractivity contribution in [2.75, 3.05) is 19.6 Å². The fourth-order valence-corrected chi connectivity index (χ4v) is 3.93. The Morgan fingerprint density at radius 3 is 2.70 bits per heavy atom. The molecule has 1 saturated heterocycles. The number of rotatable bonds is 4. The Labute approximate surface area is 132 Å². The highest BCUT2D eigenvalue weighted by atomic mass is 35.5. The number of hydrogen-bond donors (Lipinski definition) is 1. The lowest BCUT2D eigenvalue weighted by molar-refractivity contribution is 0.0848. The Morgan fingerprint density at radius 2 is 2.15 bits per heavy atom. The molecule has 1 aromatic heterocycles. The Bertz CT molecular complexity index is 424. The third-order valence-electron chi connectivity index (χ3n) is 4.32. The average molecular weight is 315 g/mol. The molecule has 1 N–H and O–H groups in total. The molecule has 4 heteroatoms. The zero-order valence-electron chi connectivity index (χ0n) is 13.1. The van der Waals surface area contributed by atoms with Gasteiger partial charge in [-0.25, -0.2) is 0 Å². The summed E-state index contributed by atoms with van der Waals surface area (Å²) in [6.07, 6.45) is 2.33. The molecule has 0 aromatic carbocycles. The molecule has 0 saturated carbocycles. The first kappa shape index (κ1) is 16.3. The van der Waals surface area contributed by atoms with Crippen LogP contribution >= 0.6 is 22.9 Å². The first-order valence-electron chi connectivity index (χ1n) is 7.61. The van der Waals surface area contributed by atoms with Crippen molar-refractivity contribution < 1.29 is 0 Å². The van der Waals surface area contributed by atoms with Crippen LogP contribution in [0.2, 0.25) is 4.34 Å². The molecular formula is C16H27ClN2S. The van der Waals surface area contributed by atoms with Crippen molar-refractivity contribution in [3.8, 4) is 0 Å². The monoisotopic (exact) mass is 314 g/mol. The van der Waals surface area contributed by atoms with Crippen LogP contribution in [0.15, 0.2) is 12.1 Å². The van der Waals surface area contributed by atoms with E-state index in [1.54, 1.807) is 11.3 Å². The molecule has 2 unspecified atom stereocenters. The van der Waals surface area contributed by atoms with E-state index >= 15 is 0 Å². The summed E-state index contributed by atoms with van der Waals surface area (Å²) in [5.74, 6) is 0. The minimum absolute atomic E-state index is 0.323. The number of halogens is 1. The lowest BCUT2D eigenvalue weighted by atomic mass is 9.84. The van der Waals surface area contributed by atoms with Gasteiger partial charge in [0, 0.05) is 36.6 Å². The van der Waals surface area contributed by atoms with Gasteiger partial charge >= 0.3 is 0 Å². The summed E-state index contributed by atoms with van der Waals surface area (Å²) in [6.45, 7) is 12.7. The molecule has 0 spiro atoms. The second kappa shape index (κ2) is 6.78. The fourth-order valence-electron chi connectivity index (χ4n) is 2.85. The number of piperazine rings is 1. The molecule has 1 aliphatic rings. The smallest absolute Gasteiger partial charge is 0.0931 e. The van der Waals surface area contributed by atoms with Gasteiger partial charge in [0.1, 0.15) is 0 Å². The summed E-state index contributed by atoms with van der Waals surface area (Å²) in [7, 11) is 0. The van der Waals surface area contributed by atoms with Gasteiger partial charge in [-0.05, 0) is 30.4 Å². The topological polar surface area (TPSA) is 15.3 Å². The number of nitrogens with one attached hydrogen (secondary N) is 1. The van der Waals surface area contributed by atoms with Gasteiger partial charge in [-0.2, -0.15) is 0 Å². The molecule has 0 amide bonds. The summed E-state index contributed by atoms with van der Waals surface area (Å²) in [6, 6.07) is 5.42. The zero-order chi connectivity index (χ0) is 14.8. The largest absolute Gasteiger partial charge is 0.311 e. The van der Waals surface area contributed by atoms with Crippen molar-refractivity contribution in [1.82, 2.24) is 10.2 Å². The van der Waals surface area contributed by atoms with E-state index in [-0.39, 0.29) is 0 Å². The van der Waals surface area contributed by atoms with Crippen LogP contribution in [0, 0.1) is 5.41 Å². The molecule has 114 valence electrons. The molecule has 0 aliphatic carbocycles. The predicted octanol–water partition coefficient (Wildman–Crippen LogP) is 4.04. The first-order valence-corrected chi connectivity index (χ1v) is 8.81. The van der Waals surface area contributed by atoms with Gasteiger partial charge in [-0.1, -0.05) is 39.3 Å². The maximum absolute atomic E-state index is 6.02. The maximum atomic E-state index is 6.02. The normalized spacial score (nSPS) is 25.1. The highest BCUT2D eigenvalue weighted by Crippen LogP contribution is 2.26. The van der Waals surface area contributed by atoms with Crippen LogP contribution in [0.5, 0.6) is 0 Å². The second-order valence-electron chi connectivity index (χ2n) is 6.84. The lowest BCUT2D eigenvalue weighted by Crippen LogP contribution is -2.60. The SMILES string of the molecule is CCC1CNC(C(C)(C)C)CN1CCc1ccc(Cl)s1. The van der Waals surface area contributed by atoms with Crippen molar-refractivity contribution >= 4 is 22.9 Å². The van der Waals surface area contributed by atoms with Gasteiger partial charge in [0.15, 0.2) is 0 Å². The van der Waals surface area contributed by atoms with Gasteiger partial charge < -0.3 is 5.32 Å². The summed E-state index contributed by atoms with van der Waals surface area (Å²) in [5.41, 5.74) is 0.323. The van der Waals surface area contributed by atoms with E-state index in [9.17, 15) is 0 Å². The van der Waals surface area contributed by atoms with E-state index in [0.717, 1.165) is 30.4 Å². The Hall–Kier alpha value is -0.0900. The predicted molar refractivity (Wildman–Crippen MR) is 89.9 cm³/mol. The molecule has 1 fully saturated rings. The standard InChI is InChI=1S/C16H27ClN2S/c1-5-12-10-18-14(16(2,3)4)11-19(12)9-8-13-6-7-15(17)20-13/h6-7,12,14,18H,5,8-11H2,1-4H3. The van der Waals surface area contributed by atoms with E-state index in [2.05, 4.69) is 44.0 Å². The van der Waals surface area contributed by atoms with E-state index < -0.39 is 0 Å². The Morgan fingerprint density at radius 1 is 1.40 bits per heavy atom. The number of hydrogen-bond acceptors (Lipinski definition) is 3. The fraction of sp³-hybridized carbons (Fsp3) is 0.750. The van der Waals surface area contributed by atoms with Crippen LogP contribution in [0.4, 0.5) is 0 Å². The van der Waals surface area contributed by atoms with E-state index in [4.69, 9.17) is 11.6 Å². The molecule has 0 bridgehead atoms. The summed E-state index contributed by atoms with van der Waals surface area (Å²) >= 11 is 7.73.